The number of ether oxygens (including phenoxy) is 1. The van der Waals surface area contributed by atoms with Crippen LogP contribution >= 0.6 is 0 Å². The Kier molecular flexibility index (Phi) is 1.67. The summed E-state index contributed by atoms with van der Waals surface area (Å²) in [4.78, 5) is 11.5. The van der Waals surface area contributed by atoms with Gasteiger partial charge in [-0.25, -0.2) is 0 Å². The van der Waals surface area contributed by atoms with Crippen LogP contribution in [0.25, 0.3) is 0 Å². The molecule has 2 fully saturated rings. The van der Waals surface area contributed by atoms with E-state index in [0.717, 1.165) is 6.42 Å². The highest BCUT2D eigenvalue weighted by atomic mass is 16.5. The highest BCUT2D eigenvalue weighted by molar-refractivity contribution is 5.78. The van der Waals surface area contributed by atoms with E-state index in [2.05, 4.69) is 27.7 Å². The van der Waals surface area contributed by atoms with Gasteiger partial charge in [-0.3, -0.25) is 4.79 Å². The lowest BCUT2D eigenvalue weighted by atomic mass is 9.44. The van der Waals surface area contributed by atoms with E-state index in [4.69, 9.17) is 4.74 Å². The molecule has 1 atom stereocenters. The van der Waals surface area contributed by atoms with E-state index >= 15 is 0 Å². The van der Waals surface area contributed by atoms with Crippen molar-refractivity contribution in [3.8, 4) is 0 Å². The third kappa shape index (κ3) is 0.850. The topological polar surface area (TPSA) is 26.3 Å². The second-order valence-electron chi connectivity index (χ2n) is 6.20. The minimum atomic E-state index is -0.00847. The van der Waals surface area contributed by atoms with Crippen LogP contribution in [0.2, 0.25) is 0 Å². The summed E-state index contributed by atoms with van der Waals surface area (Å²) in [6.07, 6.45) is 2.24. The quantitative estimate of drug-likeness (QED) is 0.603. The lowest BCUT2D eigenvalue weighted by Crippen LogP contribution is -2.54. The maximum atomic E-state index is 11.5. The van der Waals surface area contributed by atoms with Crippen LogP contribution in [-0.4, -0.2) is 13.1 Å². The van der Waals surface area contributed by atoms with Gasteiger partial charge < -0.3 is 4.74 Å². The molecule has 0 bridgehead atoms. The van der Waals surface area contributed by atoms with Crippen molar-refractivity contribution in [1.29, 1.82) is 0 Å². The number of rotatable bonds is 1. The Labute approximate surface area is 86.0 Å². The normalized spacial score (nSPS) is 34.8. The van der Waals surface area contributed by atoms with Gasteiger partial charge in [0, 0.05) is 0 Å². The van der Waals surface area contributed by atoms with Crippen LogP contribution in [0, 0.1) is 22.2 Å². The summed E-state index contributed by atoms with van der Waals surface area (Å²) < 4.78 is 4.85. The van der Waals surface area contributed by atoms with Gasteiger partial charge in [0.2, 0.25) is 0 Å². The minimum absolute atomic E-state index is 0.00847. The fourth-order valence-corrected chi connectivity index (χ4v) is 4.42. The van der Waals surface area contributed by atoms with Crippen LogP contribution in [0.4, 0.5) is 0 Å². The van der Waals surface area contributed by atoms with Crippen molar-refractivity contribution in [2.75, 3.05) is 7.11 Å². The molecule has 1 spiro atoms. The Hall–Kier alpha value is -0.530. The first-order chi connectivity index (χ1) is 6.28. The largest absolute Gasteiger partial charge is 0.469 e. The van der Waals surface area contributed by atoms with E-state index in [1.165, 1.54) is 13.5 Å². The molecule has 0 saturated heterocycles. The van der Waals surface area contributed by atoms with Gasteiger partial charge in [-0.2, -0.15) is 0 Å². The molecule has 0 aromatic rings. The van der Waals surface area contributed by atoms with E-state index in [1.807, 2.05) is 0 Å². The van der Waals surface area contributed by atoms with Gasteiger partial charge in [0.15, 0.2) is 0 Å². The number of esters is 1. The molecule has 0 aromatic carbocycles. The zero-order valence-electron chi connectivity index (χ0n) is 9.81. The molecule has 0 N–H and O–H groups in total. The Balaban J connectivity index is 2.23. The van der Waals surface area contributed by atoms with Gasteiger partial charge in [-0.05, 0) is 29.1 Å². The fraction of sp³-hybridized carbons (Fsp3) is 0.917. The molecule has 2 rings (SSSR count). The third-order valence-corrected chi connectivity index (χ3v) is 4.75. The summed E-state index contributed by atoms with van der Waals surface area (Å²) in [5.41, 5.74) is 0.859. The highest BCUT2D eigenvalue weighted by Gasteiger charge is 2.79. The van der Waals surface area contributed by atoms with Crippen molar-refractivity contribution < 1.29 is 9.53 Å². The van der Waals surface area contributed by atoms with Crippen molar-refractivity contribution in [3.05, 3.63) is 0 Å². The molecule has 1 unspecified atom stereocenters. The van der Waals surface area contributed by atoms with Crippen molar-refractivity contribution in [2.24, 2.45) is 22.2 Å². The zero-order valence-corrected chi connectivity index (χ0v) is 9.81. The number of hydrogen-bond donors (Lipinski definition) is 0. The van der Waals surface area contributed by atoms with Crippen LogP contribution < -0.4 is 0 Å². The SMILES string of the molecule is COC(=O)C1CC12C(C)(C)CC2(C)C. The number of methoxy groups -OCH3 is 1. The monoisotopic (exact) mass is 196 g/mol. The van der Waals surface area contributed by atoms with Gasteiger partial charge >= 0.3 is 5.97 Å². The summed E-state index contributed by atoms with van der Waals surface area (Å²) in [6, 6.07) is 0. The molecule has 2 aliphatic carbocycles. The molecule has 0 amide bonds. The van der Waals surface area contributed by atoms with Crippen LogP contribution in [-0.2, 0) is 9.53 Å². The third-order valence-electron chi connectivity index (χ3n) is 4.75. The van der Waals surface area contributed by atoms with Gasteiger partial charge in [0.05, 0.1) is 13.0 Å². The first-order valence-corrected chi connectivity index (χ1v) is 5.36. The maximum absolute atomic E-state index is 11.5. The standard InChI is InChI=1S/C12H20O2/c1-10(2)7-11(3,4)12(10)6-8(12)9(13)14-5/h8H,6-7H2,1-5H3. The molecule has 2 heteroatoms. The zero-order chi connectivity index (χ0) is 10.8. The smallest absolute Gasteiger partial charge is 0.309 e. The van der Waals surface area contributed by atoms with Gasteiger partial charge in [0.1, 0.15) is 0 Å². The Morgan fingerprint density at radius 1 is 1.21 bits per heavy atom. The van der Waals surface area contributed by atoms with E-state index in [0.29, 0.717) is 10.8 Å². The molecule has 2 nitrogen and oxygen atoms in total. The number of hydrogen-bond acceptors (Lipinski definition) is 2. The van der Waals surface area contributed by atoms with E-state index < -0.39 is 0 Å². The van der Waals surface area contributed by atoms with Gasteiger partial charge in [-0.1, -0.05) is 27.7 Å². The second kappa shape index (κ2) is 2.34. The molecule has 14 heavy (non-hydrogen) atoms. The van der Waals surface area contributed by atoms with Crippen LogP contribution in [0.3, 0.4) is 0 Å². The number of carbonyl (C=O) groups excluding carboxylic acids is 1. The van der Waals surface area contributed by atoms with Crippen LogP contribution in [0.1, 0.15) is 40.5 Å². The fourth-order valence-electron chi connectivity index (χ4n) is 4.42. The van der Waals surface area contributed by atoms with Gasteiger partial charge in [0.25, 0.3) is 0 Å². The molecule has 0 aliphatic heterocycles. The predicted molar refractivity (Wildman–Crippen MR) is 54.7 cm³/mol. The number of carbonyl (C=O) groups is 1. The lowest BCUT2D eigenvalue weighted by molar-refractivity contribution is -0.156. The Morgan fingerprint density at radius 3 is 2.00 bits per heavy atom. The summed E-state index contributed by atoms with van der Waals surface area (Å²) >= 11 is 0. The van der Waals surface area contributed by atoms with Crippen LogP contribution in [0.5, 0.6) is 0 Å². The molecular weight excluding hydrogens is 176 g/mol. The first kappa shape index (κ1) is 10.0. The summed E-state index contributed by atoms with van der Waals surface area (Å²) in [5, 5.41) is 0. The molecular formula is C12H20O2. The average molecular weight is 196 g/mol. The van der Waals surface area contributed by atoms with Crippen molar-refractivity contribution in [2.45, 2.75) is 40.5 Å². The highest BCUT2D eigenvalue weighted by Crippen LogP contribution is 2.82. The molecule has 0 heterocycles. The molecule has 2 saturated carbocycles. The summed E-state index contributed by atoms with van der Waals surface area (Å²) in [7, 11) is 1.49. The average Bonchev–Trinajstić information content (AvgIpc) is 2.78. The molecule has 0 radical (unpaired) electrons. The lowest BCUT2D eigenvalue weighted by Gasteiger charge is -2.60. The Morgan fingerprint density at radius 2 is 1.71 bits per heavy atom. The van der Waals surface area contributed by atoms with Crippen molar-refractivity contribution >= 4 is 5.97 Å². The predicted octanol–water partition coefficient (Wildman–Crippen LogP) is 2.62. The molecule has 2 aliphatic rings. The van der Waals surface area contributed by atoms with Crippen molar-refractivity contribution in [3.63, 3.8) is 0 Å². The first-order valence-electron chi connectivity index (χ1n) is 5.36. The van der Waals surface area contributed by atoms with E-state index in [-0.39, 0.29) is 17.3 Å². The van der Waals surface area contributed by atoms with Gasteiger partial charge in [-0.15, -0.1) is 0 Å². The van der Waals surface area contributed by atoms with Crippen LogP contribution in [0.15, 0.2) is 0 Å². The maximum Gasteiger partial charge on any atom is 0.309 e. The molecule has 80 valence electrons. The van der Waals surface area contributed by atoms with E-state index in [9.17, 15) is 4.79 Å². The Bertz CT molecular complexity index is 275. The molecule has 0 aromatic heterocycles. The minimum Gasteiger partial charge on any atom is -0.469 e. The van der Waals surface area contributed by atoms with Crippen molar-refractivity contribution in [1.82, 2.24) is 0 Å². The van der Waals surface area contributed by atoms with E-state index in [1.54, 1.807) is 0 Å². The summed E-state index contributed by atoms with van der Waals surface area (Å²) in [5.74, 6) is 0.150. The summed E-state index contributed by atoms with van der Waals surface area (Å²) in [6.45, 7) is 9.12. The second-order valence-corrected chi connectivity index (χ2v) is 6.20.